The predicted octanol–water partition coefficient (Wildman–Crippen LogP) is 4.71. The molecule has 1 aliphatic carbocycles. The molecule has 0 spiro atoms. The van der Waals surface area contributed by atoms with Gasteiger partial charge in [0.15, 0.2) is 5.82 Å². The van der Waals surface area contributed by atoms with Crippen LogP contribution in [0.1, 0.15) is 60.6 Å². The van der Waals surface area contributed by atoms with Gasteiger partial charge >= 0.3 is 6.01 Å². The Hall–Kier alpha value is -3.76. The molecule has 4 heterocycles. The average Bonchev–Trinajstić information content (AvgIpc) is 3.37. The van der Waals surface area contributed by atoms with Gasteiger partial charge in [0, 0.05) is 47.7 Å². The molecule has 1 saturated carbocycles. The minimum Gasteiger partial charge on any atom is -0.463 e. The summed E-state index contributed by atoms with van der Waals surface area (Å²) in [5.74, 6) is 2.71. The Bertz CT molecular complexity index is 1590. The number of rotatable bonds is 11. The first-order valence-corrected chi connectivity index (χ1v) is 15.7. The molecule has 1 saturated heterocycles. The molecule has 0 radical (unpaired) electrons. The summed E-state index contributed by atoms with van der Waals surface area (Å²) in [6.07, 6.45) is 5.16. The molecule has 2 aliphatic heterocycles. The summed E-state index contributed by atoms with van der Waals surface area (Å²) in [5.41, 5.74) is 5.01. The first kappa shape index (κ1) is 28.0. The molecule has 4 aromatic rings. The van der Waals surface area contributed by atoms with Crippen molar-refractivity contribution in [2.75, 3.05) is 57.2 Å². The van der Waals surface area contributed by atoms with Gasteiger partial charge in [-0.25, -0.2) is 4.98 Å². The zero-order valence-electron chi connectivity index (χ0n) is 25.5. The van der Waals surface area contributed by atoms with E-state index in [4.69, 9.17) is 24.4 Å². The maximum Gasteiger partial charge on any atom is 0.318 e. The number of aromatic nitrogens is 5. The molecule has 43 heavy (non-hydrogen) atoms. The fourth-order valence-electron chi connectivity index (χ4n) is 6.67. The van der Waals surface area contributed by atoms with Gasteiger partial charge in [-0.2, -0.15) is 15.1 Å². The largest absolute Gasteiger partial charge is 0.463 e. The van der Waals surface area contributed by atoms with Gasteiger partial charge in [-0.1, -0.05) is 37.3 Å². The number of nitrogens with zero attached hydrogens (tertiary/aromatic N) is 6. The topological polar surface area (TPSA) is 104 Å². The van der Waals surface area contributed by atoms with Crippen molar-refractivity contribution < 1.29 is 9.47 Å². The molecule has 2 fully saturated rings. The van der Waals surface area contributed by atoms with Crippen LogP contribution in [0.3, 0.4) is 0 Å². The van der Waals surface area contributed by atoms with Gasteiger partial charge in [0.25, 0.3) is 0 Å². The van der Waals surface area contributed by atoms with E-state index in [-0.39, 0.29) is 11.3 Å². The van der Waals surface area contributed by atoms with Crippen LogP contribution < -0.4 is 15.0 Å². The number of ether oxygens (including phenoxy) is 2. The van der Waals surface area contributed by atoms with E-state index in [1.165, 1.54) is 34.9 Å². The first-order chi connectivity index (χ1) is 21.0. The summed E-state index contributed by atoms with van der Waals surface area (Å²) >= 11 is 0. The minimum absolute atomic E-state index is 0.197. The smallest absolute Gasteiger partial charge is 0.318 e. The van der Waals surface area contributed by atoms with E-state index in [1.807, 2.05) is 0 Å². The monoisotopic (exact) mass is 582 g/mol. The van der Waals surface area contributed by atoms with E-state index < -0.39 is 0 Å². The van der Waals surface area contributed by atoms with E-state index in [0.29, 0.717) is 32.3 Å². The third-order valence-electron chi connectivity index (χ3n) is 9.12. The third kappa shape index (κ3) is 5.90. The molecule has 2 N–H and O–H groups in total. The van der Waals surface area contributed by atoms with E-state index >= 15 is 0 Å². The van der Waals surface area contributed by atoms with Crippen LogP contribution in [0.2, 0.25) is 0 Å². The lowest BCUT2D eigenvalue weighted by atomic mass is 9.98. The number of H-pyrrole nitrogens is 1. The molecule has 0 amide bonds. The molecule has 7 rings (SSSR count). The maximum absolute atomic E-state index is 6.36. The molecule has 2 aromatic heterocycles. The van der Waals surface area contributed by atoms with Gasteiger partial charge in [-0.3, -0.25) is 5.10 Å². The number of benzene rings is 2. The summed E-state index contributed by atoms with van der Waals surface area (Å²) in [4.78, 5) is 19.4. The van der Waals surface area contributed by atoms with Crippen LogP contribution in [0, 0.1) is 5.41 Å². The molecule has 2 aromatic carbocycles. The quantitative estimate of drug-likeness (QED) is 0.260. The first-order valence-electron chi connectivity index (χ1n) is 15.7. The number of hydrogen-bond acceptors (Lipinski definition) is 9. The Morgan fingerprint density at radius 3 is 2.77 bits per heavy atom. The molecular formula is C33H42N8O2. The average molecular weight is 583 g/mol. The van der Waals surface area contributed by atoms with E-state index in [2.05, 4.69) is 82.7 Å². The highest BCUT2D eigenvalue weighted by Gasteiger charge is 2.44. The highest BCUT2D eigenvalue weighted by Crippen LogP contribution is 2.46. The zero-order chi connectivity index (χ0) is 29.4. The van der Waals surface area contributed by atoms with Crippen molar-refractivity contribution in [2.45, 2.75) is 58.0 Å². The minimum atomic E-state index is 0.197. The van der Waals surface area contributed by atoms with Crippen LogP contribution in [0.15, 0.2) is 36.4 Å². The van der Waals surface area contributed by atoms with E-state index in [0.717, 1.165) is 67.7 Å². The van der Waals surface area contributed by atoms with Crippen molar-refractivity contribution in [2.24, 2.45) is 5.41 Å². The van der Waals surface area contributed by atoms with Crippen LogP contribution in [-0.2, 0) is 30.7 Å². The summed E-state index contributed by atoms with van der Waals surface area (Å²) in [7, 11) is 4.25. The van der Waals surface area contributed by atoms with Crippen LogP contribution in [0.4, 0.5) is 11.5 Å². The Balaban J connectivity index is 1.16. The highest BCUT2D eigenvalue weighted by atomic mass is 16.5. The van der Waals surface area contributed by atoms with Gasteiger partial charge in [-0.05, 0) is 63.2 Å². The summed E-state index contributed by atoms with van der Waals surface area (Å²) in [5, 5.41) is 13.7. The number of hydrogen-bond donors (Lipinski definition) is 2. The van der Waals surface area contributed by atoms with Crippen LogP contribution in [0.5, 0.6) is 6.01 Å². The second-order valence-electron chi connectivity index (χ2n) is 12.7. The zero-order valence-corrected chi connectivity index (χ0v) is 25.5. The van der Waals surface area contributed by atoms with Crippen molar-refractivity contribution >= 4 is 22.3 Å². The van der Waals surface area contributed by atoms with Gasteiger partial charge in [0.2, 0.25) is 0 Å². The molecule has 1 unspecified atom stereocenters. The molecule has 0 bridgehead atoms. The lowest BCUT2D eigenvalue weighted by molar-refractivity contribution is 0.182. The van der Waals surface area contributed by atoms with Crippen molar-refractivity contribution in [3.63, 3.8) is 0 Å². The number of aryl methyl sites for hydroxylation is 1. The molecular weight excluding hydrogens is 540 g/mol. The van der Waals surface area contributed by atoms with Gasteiger partial charge in [0.1, 0.15) is 11.6 Å². The third-order valence-corrected chi connectivity index (χ3v) is 9.12. The second-order valence-corrected chi connectivity index (χ2v) is 12.7. The Kier molecular flexibility index (Phi) is 7.65. The normalized spacial score (nSPS) is 19.2. The van der Waals surface area contributed by atoms with Crippen molar-refractivity contribution in [1.82, 2.24) is 30.0 Å². The lowest BCUT2D eigenvalue weighted by Gasteiger charge is -2.32. The number of fused-ring (bicyclic) bond motifs is 2. The van der Waals surface area contributed by atoms with Crippen molar-refractivity contribution in [3.8, 4) is 6.01 Å². The van der Waals surface area contributed by atoms with Crippen LogP contribution >= 0.6 is 0 Å². The Labute approximate surface area is 253 Å². The van der Waals surface area contributed by atoms with Gasteiger partial charge < -0.3 is 24.6 Å². The van der Waals surface area contributed by atoms with Crippen LogP contribution in [0.25, 0.3) is 10.8 Å². The maximum atomic E-state index is 6.36. The molecule has 226 valence electrons. The SMILES string of the molecule is CCc1cccc2cccc(N3CCc4c(nc(OCC5(CN(C)C)CC5)nc4NCc4nc(C5CCOC5)n[nH]4)C3)c12. The lowest BCUT2D eigenvalue weighted by Crippen LogP contribution is -2.33. The second kappa shape index (κ2) is 11.7. The van der Waals surface area contributed by atoms with Gasteiger partial charge in [-0.15, -0.1) is 0 Å². The summed E-state index contributed by atoms with van der Waals surface area (Å²) in [6.45, 7) is 7.43. The summed E-state index contributed by atoms with van der Waals surface area (Å²) < 4.78 is 11.9. The molecule has 3 aliphatic rings. The van der Waals surface area contributed by atoms with Crippen molar-refractivity contribution in [3.05, 3.63) is 64.9 Å². The fourth-order valence-corrected chi connectivity index (χ4v) is 6.67. The molecule has 10 nitrogen and oxygen atoms in total. The predicted molar refractivity (Wildman–Crippen MR) is 168 cm³/mol. The number of aromatic amines is 1. The standard InChI is InChI=1S/C33H42N8O2/c1-4-22-7-5-8-23-9-6-10-27(29(22)23)41-15-11-25-26(18-41)35-32(43-21-33(13-14-33)20-40(2)3)37-31(25)34-17-28-36-30(39-38-28)24-12-16-42-19-24/h5-10,24H,4,11-21H2,1-3H3,(H,34,35,37)(H,36,38,39). The van der Waals surface area contributed by atoms with Crippen LogP contribution in [-0.4, -0.2) is 77.1 Å². The van der Waals surface area contributed by atoms with Crippen molar-refractivity contribution in [1.29, 1.82) is 0 Å². The number of anilines is 2. The molecule has 1 atom stereocenters. The Morgan fingerprint density at radius 2 is 2.00 bits per heavy atom. The fraction of sp³-hybridized carbons (Fsp3) is 0.515. The Morgan fingerprint density at radius 1 is 1.14 bits per heavy atom. The number of nitrogens with one attached hydrogen (secondary N) is 2. The molecule has 10 heteroatoms. The van der Waals surface area contributed by atoms with Gasteiger partial charge in [0.05, 0.1) is 32.0 Å². The summed E-state index contributed by atoms with van der Waals surface area (Å²) in [6, 6.07) is 13.7. The van der Waals surface area contributed by atoms with E-state index in [1.54, 1.807) is 0 Å². The van der Waals surface area contributed by atoms with E-state index in [9.17, 15) is 0 Å². The highest BCUT2D eigenvalue weighted by molar-refractivity contribution is 5.97.